The van der Waals surface area contributed by atoms with E-state index in [-0.39, 0.29) is 25.0 Å². The Morgan fingerprint density at radius 3 is 1.42 bits per heavy atom. The molecule has 0 spiro atoms. The maximum atomic E-state index is 9.90. The first-order chi connectivity index (χ1) is 8.35. The van der Waals surface area contributed by atoms with Crippen molar-refractivity contribution in [1.29, 1.82) is 0 Å². The van der Waals surface area contributed by atoms with Crippen LogP contribution in [0.3, 0.4) is 0 Å². The molecule has 0 rings (SSSR count). The highest BCUT2D eigenvalue weighted by molar-refractivity contribution is 5.56. The summed E-state index contributed by atoms with van der Waals surface area (Å²) in [6.07, 6.45) is -7.79. The molecule has 10 heteroatoms. The molecule has 0 saturated carbocycles. The highest BCUT2D eigenvalue weighted by Crippen LogP contribution is 2.02. The van der Waals surface area contributed by atoms with Gasteiger partial charge in [0, 0.05) is 0 Å². The fraction of sp³-hybridized carbons (Fsp3) is 0.889. The van der Waals surface area contributed by atoms with Gasteiger partial charge >= 0.3 is 0 Å². The van der Waals surface area contributed by atoms with Gasteiger partial charge in [-0.25, -0.2) is 0 Å². The van der Waals surface area contributed by atoms with Crippen molar-refractivity contribution in [1.82, 2.24) is 0 Å². The predicted octanol–water partition coefficient (Wildman–Crippen LogP) is -5.87. The van der Waals surface area contributed by atoms with E-state index in [0.717, 1.165) is 0 Å². The first-order valence-corrected chi connectivity index (χ1v) is 5.03. The zero-order chi connectivity index (χ0) is 14.7. The monoisotopic (exact) mass is 290 g/mol. The lowest BCUT2D eigenvalue weighted by molar-refractivity contribution is -0.136. The fourth-order valence-electron chi connectivity index (χ4n) is 0.676. The van der Waals surface area contributed by atoms with Crippen molar-refractivity contribution in [3.63, 3.8) is 0 Å². The lowest BCUT2D eigenvalue weighted by Gasteiger charge is -2.22. The second kappa shape index (κ2) is 13.7. The van der Waals surface area contributed by atoms with Crippen molar-refractivity contribution in [2.45, 2.75) is 30.5 Å². The fourth-order valence-corrected chi connectivity index (χ4v) is 0.676. The highest BCUT2D eigenvalue weighted by atomic mass is 16.4. The molecule has 0 heterocycles. The van der Waals surface area contributed by atoms with E-state index in [1.807, 2.05) is 0 Å². The van der Waals surface area contributed by atoms with E-state index in [1.165, 1.54) is 0 Å². The summed E-state index contributed by atoms with van der Waals surface area (Å²) in [5, 5.41) is 67.6. The van der Waals surface area contributed by atoms with Crippen LogP contribution >= 0.6 is 0 Å². The minimum absolute atomic E-state index is 0. The van der Waals surface area contributed by atoms with Gasteiger partial charge in [0.1, 0.15) is 30.5 Å². The molecule has 0 unspecified atom stereocenters. The zero-order valence-electron chi connectivity index (χ0n) is 10.1. The molecule has 0 radical (unpaired) electrons. The lowest BCUT2D eigenvalue weighted by atomic mass is 10.0. The molecule has 10 N–H and O–H groups in total. The molecule has 0 amide bonds. The van der Waals surface area contributed by atoms with Gasteiger partial charge in [0.25, 0.3) is 0 Å². The van der Waals surface area contributed by atoms with Crippen LogP contribution in [-0.2, 0) is 4.79 Å². The van der Waals surface area contributed by atoms with Gasteiger partial charge in [0.15, 0.2) is 6.29 Å². The van der Waals surface area contributed by atoms with Gasteiger partial charge in [-0.2, -0.15) is 0 Å². The molecular formula is C9H22O10. The van der Waals surface area contributed by atoms with Crippen LogP contribution in [0.1, 0.15) is 0 Å². The summed E-state index contributed by atoms with van der Waals surface area (Å²) >= 11 is 0. The molecule has 4 atom stereocenters. The van der Waals surface area contributed by atoms with Gasteiger partial charge in [0.2, 0.25) is 0 Å². The minimum Gasteiger partial charge on any atom is -0.412 e. The van der Waals surface area contributed by atoms with Crippen molar-refractivity contribution in [3.05, 3.63) is 0 Å². The van der Waals surface area contributed by atoms with E-state index in [4.69, 9.17) is 40.9 Å². The summed E-state index contributed by atoms with van der Waals surface area (Å²) in [5.74, 6) is 0. The Bertz CT molecular complexity index is 197. The number of carbonyl (C=O) groups is 1. The standard InChI is InChI=1S/C6H12O6.C3H8O3.H2O/c7-1-3(9)5(11)6(12)4(10)2-8;4-1-3(6)2-5;/h1,3-6,8-12H,2H2;3-6H,1-2H2;1H2/t3-,4+,5+,6+;;/m0../s1. The van der Waals surface area contributed by atoms with Gasteiger partial charge in [-0.3, -0.25) is 0 Å². The number of rotatable bonds is 7. The number of hydrogen-bond acceptors (Lipinski definition) is 9. The Kier molecular flexibility index (Phi) is 16.9. The molecule has 0 aliphatic rings. The average molecular weight is 290 g/mol. The summed E-state index contributed by atoms with van der Waals surface area (Å²) in [6.45, 7) is -1.49. The Morgan fingerprint density at radius 1 is 0.789 bits per heavy atom. The number of aldehydes is 1. The predicted molar refractivity (Wildman–Crippen MR) is 61.0 cm³/mol. The highest BCUT2D eigenvalue weighted by Gasteiger charge is 2.29. The molecular weight excluding hydrogens is 268 g/mol. The van der Waals surface area contributed by atoms with E-state index >= 15 is 0 Å². The summed E-state index contributed by atoms with van der Waals surface area (Å²) in [7, 11) is 0. The third-order valence-corrected chi connectivity index (χ3v) is 1.84. The van der Waals surface area contributed by atoms with Gasteiger partial charge in [-0.05, 0) is 0 Å². The van der Waals surface area contributed by atoms with Crippen LogP contribution in [0, 0.1) is 0 Å². The van der Waals surface area contributed by atoms with Crippen LogP contribution in [0.5, 0.6) is 0 Å². The van der Waals surface area contributed by atoms with Crippen LogP contribution in [0.25, 0.3) is 0 Å². The van der Waals surface area contributed by atoms with Crippen LogP contribution in [-0.4, -0.2) is 103 Å². The number of hydrogen-bond donors (Lipinski definition) is 8. The quantitative estimate of drug-likeness (QED) is 0.209. The molecule has 0 saturated heterocycles. The van der Waals surface area contributed by atoms with E-state index in [9.17, 15) is 4.79 Å². The smallest absolute Gasteiger partial charge is 0.151 e. The average Bonchev–Trinajstić information content (AvgIpc) is 2.43. The maximum Gasteiger partial charge on any atom is 0.151 e. The minimum atomic E-state index is -1.79. The maximum absolute atomic E-state index is 9.90. The van der Waals surface area contributed by atoms with Crippen molar-refractivity contribution in [2.24, 2.45) is 0 Å². The Morgan fingerprint density at radius 2 is 1.21 bits per heavy atom. The molecule has 0 aromatic heterocycles. The summed E-state index contributed by atoms with van der Waals surface area (Å²) in [5.41, 5.74) is 0. The van der Waals surface area contributed by atoms with Crippen molar-refractivity contribution in [2.75, 3.05) is 19.8 Å². The van der Waals surface area contributed by atoms with Gasteiger partial charge in [-0.1, -0.05) is 0 Å². The first-order valence-electron chi connectivity index (χ1n) is 5.03. The number of aliphatic hydroxyl groups excluding tert-OH is 8. The molecule has 10 nitrogen and oxygen atoms in total. The summed E-state index contributed by atoms with van der Waals surface area (Å²) in [6, 6.07) is 0. The van der Waals surface area contributed by atoms with Gasteiger partial charge in [-0.15, -0.1) is 0 Å². The van der Waals surface area contributed by atoms with Crippen molar-refractivity contribution < 1.29 is 51.1 Å². The molecule has 118 valence electrons. The number of aliphatic hydroxyl groups is 8. The zero-order valence-corrected chi connectivity index (χ0v) is 10.1. The van der Waals surface area contributed by atoms with Gasteiger partial charge < -0.3 is 51.1 Å². The summed E-state index contributed by atoms with van der Waals surface area (Å²) in [4.78, 5) is 9.90. The topological polar surface area (TPSA) is 210 Å². The lowest BCUT2D eigenvalue weighted by Crippen LogP contribution is -2.46. The Labute approximate surface area is 109 Å². The molecule has 0 aromatic carbocycles. The number of carbonyl (C=O) groups excluding carboxylic acids is 1. The molecule has 0 aliphatic carbocycles. The molecule has 0 aliphatic heterocycles. The SMILES string of the molecule is O.O=C[C@H](O)[C@@H](O)[C@H](O)[C@H](O)CO.OCC(O)CO. The first kappa shape index (κ1) is 23.4. The summed E-state index contributed by atoms with van der Waals surface area (Å²) < 4.78 is 0. The van der Waals surface area contributed by atoms with Crippen LogP contribution in [0.4, 0.5) is 0 Å². The largest absolute Gasteiger partial charge is 0.412 e. The van der Waals surface area contributed by atoms with Gasteiger partial charge in [0.05, 0.1) is 19.8 Å². The van der Waals surface area contributed by atoms with E-state index in [2.05, 4.69) is 0 Å². The van der Waals surface area contributed by atoms with Crippen molar-refractivity contribution >= 4 is 6.29 Å². The molecule has 0 aromatic rings. The van der Waals surface area contributed by atoms with Crippen LogP contribution in [0.2, 0.25) is 0 Å². The molecule has 19 heavy (non-hydrogen) atoms. The third-order valence-electron chi connectivity index (χ3n) is 1.84. The second-order valence-electron chi connectivity index (χ2n) is 3.38. The van der Waals surface area contributed by atoms with Crippen molar-refractivity contribution in [3.8, 4) is 0 Å². The van der Waals surface area contributed by atoms with Crippen LogP contribution < -0.4 is 0 Å². The van der Waals surface area contributed by atoms with E-state index < -0.39 is 37.1 Å². The van der Waals surface area contributed by atoms with Crippen LogP contribution in [0.15, 0.2) is 0 Å². The molecule has 0 fully saturated rings. The second-order valence-corrected chi connectivity index (χ2v) is 3.38. The Hall–Kier alpha value is -0.690. The van der Waals surface area contributed by atoms with E-state index in [1.54, 1.807) is 0 Å². The third kappa shape index (κ3) is 10.9. The Balaban J connectivity index is -0.000000313. The van der Waals surface area contributed by atoms with E-state index in [0.29, 0.717) is 0 Å². The molecule has 0 bridgehead atoms. The normalized spacial score (nSPS) is 16.5.